The molecule has 1 atom stereocenters. The molecule has 0 spiro atoms. The third-order valence-corrected chi connectivity index (χ3v) is 8.70. The summed E-state index contributed by atoms with van der Waals surface area (Å²) < 4.78 is 11.5. The molecule has 2 aliphatic heterocycles. The maximum atomic E-state index is 12.9. The molecule has 0 saturated heterocycles. The summed E-state index contributed by atoms with van der Waals surface area (Å²) in [6.45, 7) is 0.598. The van der Waals surface area contributed by atoms with Crippen LogP contribution in [0, 0.1) is 5.92 Å². The van der Waals surface area contributed by atoms with Gasteiger partial charge >= 0.3 is 0 Å². The van der Waals surface area contributed by atoms with Crippen molar-refractivity contribution in [3.8, 4) is 11.6 Å². The van der Waals surface area contributed by atoms with Crippen LogP contribution in [0.3, 0.4) is 0 Å². The highest BCUT2D eigenvalue weighted by atomic mass is 32.2. The molecule has 3 aromatic rings. The molecule has 1 aliphatic carbocycles. The van der Waals surface area contributed by atoms with Crippen LogP contribution in [0.25, 0.3) is 11.0 Å². The van der Waals surface area contributed by atoms with E-state index in [9.17, 15) is 9.59 Å². The van der Waals surface area contributed by atoms with Crippen LogP contribution in [-0.2, 0) is 4.79 Å². The fourth-order valence-corrected chi connectivity index (χ4v) is 6.41. The number of nitrogens with zero attached hydrogens (tertiary/aromatic N) is 3. The first-order chi connectivity index (χ1) is 18.0. The van der Waals surface area contributed by atoms with E-state index in [0.29, 0.717) is 35.4 Å². The minimum atomic E-state index is -0.0953. The van der Waals surface area contributed by atoms with Crippen molar-refractivity contribution in [3.63, 3.8) is 0 Å². The molecular weight excluding hydrogens is 490 g/mol. The molecule has 37 heavy (non-hydrogen) atoms. The number of rotatable bonds is 4. The van der Waals surface area contributed by atoms with E-state index in [0.717, 1.165) is 53.0 Å². The molecule has 192 valence electrons. The molecule has 2 N–H and O–H groups in total. The number of fused-ring (bicyclic) bond motifs is 4. The van der Waals surface area contributed by atoms with Gasteiger partial charge in [-0.05, 0) is 55.9 Å². The molecule has 6 rings (SSSR count). The normalized spacial score (nSPS) is 22.9. The molecule has 1 aromatic carbocycles. The summed E-state index contributed by atoms with van der Waals surface area (Å²) in [4.78, 5) is 37.1. The monoisotopic (exact) mass is 519 g/mol. The van der Waals surface area contributed by atoms with Crippen LogP contribution in [0.1, 0.15) is 36.0 Å². The molecule has 9 nitrogen and oxygen atoms in total. The minimum absolute atomic E-state index is 0.0353. The zero-order valence-corrected chi connectivity index (χ0v) is 21.6. The molecule has 1 unspecified atom stereocenters. The van der Waals surface area contributed by atoms with Crippen molar-refractivity contribution in [1.29, 1.82) is 0 Å². The highest BCUT2D eigenvalue weighted by Crippen LogP contribution is 2.42. The number of hydrogen-bond acceptors (Lipinski definition) is 8. The van der Waals surface area contributed by atoms with Crippen molar-refractivity contribution < 1.29 is 19.1 Å². The summed E-state index contributed by atoms with van der Waals surface area (Å²) in [7, 11) is 3.72. The van der Waals surface area contributed by atoms with E-state index in [4.69, 9.17) is 9.47 Å². The van der Waals surface area contributed by atoms with Gasteiger partial charge in [0.15, 0.2) is 5.75 Å². The van der Waals surface area contributed by atoms with Gasteiger partial charge in [0, 0.05) is 29.6 Å². The second-order valence-electron chi connectivity index (χ2n) is 9.81. The van der Waals surface area contributed by atoms with E-state index in [1.807, 2.05) is 24.3 Å². The van der Waals surface area contributed by atoms with Gasteiger partial charge in [0.25, 0.3) is 5.91 Å². The van der Waals surface area contributed by atoms with Crippen LogP contribution >= 0.6 is 11.8 Å². The number of nitrogens with one attached hydrogen (secondary N) is 2. The van der Waals surface area contributed by atoms with Gasteiger partial charge < -0.3 is 25.0 Å². The van der Waals surface area contributed by atoms with Crippen molar-refractivity contribution in [2.75, 3.05) is 36.7 Å². The summed E-state index contributed by atoms with van der Waals surface area (Å²) in [5.41, 5.74) is 3.83. The third kappa shape index (κ3) is 4.54. The zero-order chi connectivity index (χ0) is 25.5. The number of ether oxygens (including phenoxy) is 2. The maximum Gasteiger partial charge on any atom is 0.251 e. The van der Waals surface area contributed by atoms with E-state index in [2.05, 4.69) is 32.5 Å². The van der Waals surface area contributed by atoms with Gasteiger partial charge in [0.05, 0.1) is 36.3 Å². The molecule has 2 aromatic heterocycles. The van der Waals surface area contributed by atoms with E-state index in [1.165, 1.54) is 11.8 Å². The summed E-state index contributed by atoms with van der Waals surface area (Å²) in [5, 5.41) is 6.06. The second kappa shape index (κ2) is 9.74. The van der Waals surface area contributed by atoms with Gasteiger partial charge in [-0.25, -0.2) is 4.98 Å². The molecule has 1 fully saturated rings. The molecule has 0 bridgehead atoms. The number of likely N-dealkylation sites (N-methyl/N-ethyl adjacent to an activating group) is 1. The molecule has 1 saturated carbocycles. The smallest absolute Gasteiger partial charge is 0.251 e. The first-order valence-electron chi connectivity index (χ1n) is 12.6. The molecule has 10 heteroatoms. The number of carbonyl (C=O) groups excluding carboxylic acids is 2. The van der Waals surface area contributed by atoms with E-state index < -0.39 is 0 Å². The van der Waals surface area contributed by atoms with E-state index >= 15 is 0 Å². The zero-order valence-electron chi connectivity index (χ0n) is 20.8. The Morgan fingerprint density at radius 1 is 1.22 bits per heavy atom. The number of carbonyl (C=O) groups is 2. The Morgan fingerprint density at radius 2 is 2.05 bits per heavy atom. The van der Waals surface area contributed by atoms with Crippen LogP contribution < -0.4 is 25.0 Å². The third-order valence-electron chi connectivity index (χ3n) is 7.62. The number of thioether (sulfide) groups is 1. The Labute approximate surface area is 219 Å². The largest absolute Gasteiger partial charge is 0.488 e. The SMILES string of the molecule is COc1ccc2ncc3c(c2n1)N(C)C(C1CCC(NC(=O)c2ccc4c(c2)NC(=O)CS4)CC1)CO3. The lowest BCUT2D eigenvalue weighted by atomic mass is 9.80. The van der Waals surface area contributed by atoms with Crippen LogP contribution in [0.2, 0.25) is 0 Å². The van der Waals surface area contributed by atoms with Crippen LogP contribution in [0.5, 0.6) is 11.6 Å². The number of aromatic nitrogens is 2. The summed E-state index contributed by atoms with van der Waals surface area (Å²) in [5.74, 6) is 2.01. The lowest BCUT2D eigenvalue weighted by Gasteiger charge is -2.42. The fourth-order valence-electron chi connectivity index (χ4n) is 5.62. The number of anilines is 2. The van der Waals surface area contributed by atoms with Crippen LogP contribution in [-0.4, -0.2) is 60.4 Å². The Morgan fingerprint density at radius 3 is 2.86 bits per heavy atom. The number of methoxy groups -OCH3 is 1. The minimum Gasteiger partial charge on any atom is -0.488 e. The highest BCUT2D eigenvalue weighted by Gasteiger charge is 2.36. The van der Waals surface area contributed by atoms with Crippen LogP contribution in [0.4, 0.5) is 11.4 Å². The number of hydrogen-bond donors (Lipinski definition) is 2. The quantitative estimate of drug-likeness (QED) is 0.535. The van der Waals surface area contributed by atoms with Gasteiger partial charge in [0.1, 0.15) is 17.8 Å². The Kier molecular flexibility index (Phi) is 6.27. The van der Waals surface area contributed by atoms with Crippen molar-refractivity contribution >= 4 is 46.0 Å². The summed E-state index contributed by atoms with van der Waals surface area (Å²) in [6.07, 6.45) is 5.59. The average molecular weight is 520 g/mol. The standard InChI is InChI=1S/C27H29N5O4S/c1-32-20(13-36-21-12-28-18-8-10-24(35-2)31-25(18)26(21)32)15-3-6-17(7-4-15)29-27(34)16-5-9-22-19(11-16)30-23(33)14-37-22/h5,8-12,15,17,20H,3-4,6-7,13-14H2,1-2H3,(H,29,34)(H,30,33). The fraction of sp³-hybridized carbons (Fsp3) is 0.407. The van der Waals surface area contributed by atoms with E-state index in [-0.39, 0.29) is 23.9 Å². The Bertz CT molecular complexity index is 1370. The maximum absolute atomic E-state index is 12.9. The highest BCUT2D eigenvalue weighted by molar-refractivity contribution is 8.00. The van der Waals surface area contributed by atoms with Crippen molar-refractivity contribution in [1.82, 2.24) is 15.3 Å². The molecular formula is C27H29N5O4S. The lowest BCUT2D eigenvalue weighted by Crippen LogP contribution is -2.48. The van der Waals surface area contributed by atoms with Gasteiger partial charge in [-0.1, -0.05) is 0 Å². The topological polar surface area (TPSA) is 106 Å². The molecule has 3 aliphatic rings. The first kappa shape index (κ1) is 23.8. The van der Waals surface area contributed by atoms with Gasteiger partial charge in [-0.3, -0.25) is 14.6 Å². The lowest BCUT2D eigenvalue weighted by molar-refractivity contribution is -0.113. The Balaban J connectivity index is 1.11. The predicted molar refractivity (Wildman–Crippen MR) is 143 cm³/mol. The number of benzene rings is 1. The molecule has 0 radical (unpaired) electrons. The van der Waals surface area contributed by atoms with Gasteiger partial charge in [-0.2, -0.15) is 0 Å². The Hall–Kier alpha value is -3.53. The van der Waals surface area contributed by atoms with Gasteiger partial charge in [-0.15, -0.1) is 11.8 Å². The average Bonchev–Trinajstić information content (AvgIpc) is 2.92. The van der Waals surface area contributed by atoms with Crippen LogP contribution in [0.15, 0.2) is 41.4 Å². The van der Waals surface area contributed by atoms with Crippen molar-refractivity contribution in [2.45, 2.75) is 42.7 Å². The second-order valence-corrected chi connectivity index (χ2v) is 10.8. The predicted octanol–water partition coefficient (Wildman–Crippen LogP) is 3.87. The van der Waals surface area contributed by atoms with Gasteiger partial charge in [0.2, 0.25) is 11.8 Å². The number of amides is 2. The molecule has 2 amide bonds. The summed E-state index contributed by atoms with van der Waals surface area (Å²) >= 11 is 1.49. The van der Waals surface area contributed by atoms with Crippen molar-refractivity contribution in [2.24, 2.45) is 5.92 Å². The van der Waals surface area contributed by atoms with E-state index in [1.54, 1.807) is 19.4 Å². The first-order valence-corrected chi connectivity index (χ1v) is 13.6. The van der Waals surface area contributed by atoms with Crippen molar-refractivity contribution in [3.05, 3.63) is 42.1 Å². The number of pyridine rings is 2. The molecule has 4 heterocycles. The summed E-state index contributed by atoms with van der Waals surface area (Å²) in [6, 6.07) is 9.59.